The fourth-order valence-corrected chi connectivity index (χ4v) is 2.59. The van der Waals surface area contributed by atoms with Crippen LogP contribution in [-0.2, 0) is 6.54 Å². The summed E-state index contributed by atoms with van der Waals surface area (Å²) in [7, 11) is 0. The standard InChI is InChI=1S/C13H20ClN3O/c1-10-8-11(14)16-12(15-10)9-17-6-3-4-13(2,18)5-7-17/h8,18H,3-7,9H2,1-2H3. The van der Waals surface area contributed by atoms with Gasteiger partial charge in [-0.2, -0.15) is 0 Å². The Labute approximate surface area is 113 Å². The Morgan fingerprint density at radius 2 is 2.17 bits per heavy atom. The molecule has 1 fully saturated rings. The van der Waals surface area contributed by atoms with Gasteiger partial charge in [-0.05, 0) is 45.7 Å². The molecule has 0 spiro atoms. The van der Waals surface area contributed by atoms with Crippen LogP contribution in [0.1, 0.15) is 37.7 Å². The van der Waals surface area contributed by atoms with Crippen molar-refractivity contribution in [2.24, 2.45) is 0 Å². The van der Waals surface area contributed by atoms with E-state index in [-0.39, 0.29) is 0 Å². The molecule has 0 radical (unpaired) electrons. The Morgan fingerprint density at radius 1 is 1.39 bits per heavy atom. The van der Waals surface area contributed by atoms with Gasteiger partial charge in [-0.3, -0.25) is 4.90 Å². The van der Waals surface area contributed by atoms with E-state index < -0.39 is 5.60 Å². The van der Waals surface area contributed by atoms with Gasteiger partial charge in [0.05, 0.1) is 12.1 Å². The molecule has 1 unspecified atom stereocenters. The van der Waals surface area contributed by atoms with E-state index in [4.69, 9.17) is 11.6 Å². The van der Waals surface area contributed by atoms with E-state index in [9.17, 15) is 5.11 Å². The van der Waals surface area contributed by atoms with Crippen LogP contribution < -0.4 is 0 Å². The van der Waals surface area contributed by atoms with Gasteiger partial charge in [-0.15, -0.1) is 0 Å². The van der Waals surface area contributed by atoms with Gasteiger partial charge in [0.25, 0.3) is 0 Å². The summed E-state index contributed by atoms with van der Waals surface area (Å²) in [6, 6.07) is 1.76. The van der Waals surface area contributed by atoms with Crippen LogP contribution in [0.3, 0.4) is 0 Å². The highest BCUT2D eigenvalue weighted by Gasteiger charge is 2.25. The number of aryl methyl sites for hydroxylation is 1. The van der Waals surface area contributed by atoms with Crippen LogP contribution >= 0.6 is 11.6 Å². The first-order valence-electron chi connectivity index (χ1n) is 6.39. The molecular formula is C13H20ClN3O. The first-order chi connectivity index (χ1) is 8.44. The van der Waals surface area contributed by atoms with Gasteiger partial charge in [-0.25, -0.2) is 9.97 Å². The lowest BCUT2D eigenvalue weighted by atomic mass is 9.98. The van der Waals surface area contributed by atoms with Crippen molar-refractivity contribution in [1.82, 2.24) is 14.9 Å². The van der Waals surface area contributed by atoms with Gasteiger partial charge in [0.2, 0.25) is 0 Å². The number of aliphatic hydroxyl groups is 1. The van der Waals surface area contributed by atoms with Crippen molar-refractivity contribution in [2.75, 3.05) is 13.1 Å². The highest BCUT2D eigenvalue weighted by molar-refractivity contribution is 6.29. The Kier molecular flexibility index (Phi) is 4.20. The first-order valence-corrected chi connectivity index (χ1v) is 6.77. The number of halogens is 1. The van der Waals surface area contributed by atoms with Gasteiger partial charge in [0.1, 0.15) is 11.0 Å². The average Bonchev–Trinajstić information content (AvgIpc) is 2.39. The fourth-order valence-electron chi connectivity index (χ4n) is 2.34. The van der Waals surface area contributed by atoms with E-state index in [0.29, 0.717) is 11.7 Å². The minimum Gasteiger partial charge on any atom is -0.390 e. The topological polar surface area (TPSA) is 49.2 Å². The molecule has 18 heavy (non-hydrogen) atoms. The zero-order valence-corrected chi connectivity index (χ0v) is 11.7. The summed E-state index contributed by atoms with van der Waals surface area (Å²) >= 11 is 5.94. The molecule has 1 aliphatic heterocycles. The lowest BCUT2D eigenvalue weighted by molar-refractivity contribution is 0.0443. The Bertz CT molecular complexity index is 402. The number of hydrogen-bond donors (Lipinski definition) is 1. The van der Waals surface area contributed by atoms with E-state index in [0.717, 1.165) is 43.9 Å². The van der Waals surface area contributed by atoms with Crippen LogP contribution in [-0.4, -0.2) is 38.7 Å². The van der Waals surface area contributed by atoms with E-state index in [1.807, 2.05) is 13.8 Å². The minimum absolute atomic E-state index is 0.499. The van der Waals surface area contributed by atoms with Crippen LogP contribution in [0.2, 0.25) is 5.15 Å². The van der Waals surface area contributed by atoms with Crippen LogP contribution in [0, 0.1) is 6.92 Å². The minimum atomic E-state index is -0.528. The average molecular weight is 270 g/mol. The summed E-state index contributed by atoms with van der Waals surface area (Å²) in [6.45, 7) is 6.39. The fraction of sp³-hybridized carbons (Fsp3) is 0.692. The third-order valence-electron chi connectivity index (χ3n) is 3.39. The summed E-state index contributed by atoms with van der Waals surface area (Å²) in [5, 5.41) is 10.5. The number of hydrogen-bond acceptors (Lipinski definition) is 4. The smallest absolute Gasteiger partial charge is 0.144 e. The molecule has 1 N–H and O–H groups in total. The Balaban J connectivity index is 2.00. The number of likely N-dealkylation sites (tertiary alicyclic amines) is 1. The molecule has 2 heterocycles. The predicted molar refractivity (Wildman–Crippen MR) is 71.5 cm³/mol. The molecule has 0 saturated carbocycles. The Morgan fingerprint density at radius 3 is 2.89 bits per heavy atom. The molecule has 0 aliphatic carbocycles. The quantitative estimate of drug-likeness (QED) is 0.836. The highest BCUT2D eigenvalue weighted by Crippen LogP contribution is 2.22. The van der Waals surface area contributed by atoms with E-state index in [1.165, 1.54) is 0 Å². The molecule has 1 aromatic heterocycles. The van der Waals surface area contributed by atoms with E-state index >= 15 is 0 Å². The van der Waals surface area contributed by atoms with Gasteiger partial charge in [0.15, 0.2) is 0 Å². The van der Waals surface area contributed by atoms with Crippen molar-refractivity contribution in [1.29, 1.82) is 0 Å². The second-order valence-electron chi connectivity index (χ2n) is 5.37. The van der Waals surface area contributed by atoms with Crippen molar-refractivity contribution in [3.05, 3.63) is 22.7 Å². The molecule has 100 valence electrons. The molecule has 1 saturated heterocycles. The maximum absolute atomic E-state index is 10.0. The molecule has 0 amide bonds. The lowest BCUT2D eigenvalue weighted by Gasteiger charge is -2.21. The lowest BCUT2D eigenvalue weighted by Crippen LogP contribution is -2.28. The highest BCUT2D eigenvalue weighted by atomic mass is 35.5. The van der Waals surface area contributed by atoms with Crippen molar-refractivity contribution in [2.45, 2.75) is 45.3 Å². The normalized spacial score (nSPS) is 26.0. The molecule has 0 bridgehead atoms. The van der Waals surface area contributed by atoms with Crippen molar-refractivity contribution < 1.29 is 5.11 Å². The summed E-state index contributed by atoms with van der Waals surface area (Å²) in [5.74, 6) is 0.765. The van der Waals surface area contributed by atoms with Gasteiger partial charge >= 0.3 is 0 Å². The maximum atomic E-state index is 10.0. The SMILES string of the molecule is Cc1cc(Cl)nc(CN2CCCC(C)(O)CC2)n1. The molecule has 4 nitrogen and oxygen atoms in total. The molecule has 2 rings (SSSR count). The van der Waals surface area contributed by atoms with Gasteiger partial charge < -0.3 is 5.11 Å². The molecule has 1 aliphatic rings. The molecular weight excluding hydrogens is 250 g/mol. The molecule has 1 atom stereocenters. The third-order valence-corrected chi connectivity index (χ3v) is 3.58. The summed E-state index contributed by atoms with van der Waals surface area (Å²) < 4.78 is 0. The van der Waals surface area contributed by atoms with Crippen molar-refractivity contribution in [3.8, 4) is 0 Å². The van der Waals surface area contributed by atoms with Gasteiger partial charge in [-0.1, -0.05) is 11.6 Å². The second-order valence-corrected chi connectivity index (χ2v) is 5.76. The summed E-state index contributed by atoms with van der Waals surface area (Å²) in [5.41, 5.74) is 0.367. The first kappa shape index (κ1) is 13.7. The van der Waals surface area contributed by atoms with E-state index in [2.05, 4.69) is 14.9 Å². The van der Waals surface area contributed by atoms with Crippen LogP contribution in [0.25, 0.3) is 0 Å². The van der Waals surface area contributed by atoms with E-state index in [1.54, 1.807) is 6.07 Å². The predicted octanol–water partition coefficient (Wildman–Crippen LogP) is 2.18. The molecule has 1 aromatic rings. The number of rotatable bonds is 2. The van der Waals surface area contributed by atoms with Crippen molar-refractivity contribution >= 4 is 11.6 Å². The third kappa shape index (κ3) is 3.90. The van der Waals surface area contributed by atoms with Crippen LogP contribution in [0.15, 0.2) is 6.07 Å². The second kappa shape index (κ2) is 5.51. The van der Waals surface area contributed by atoms with Crippen molar-refractivity contribution in [3.63, 3.8) is 0 Å². The number of aromatic nitrogens is 2. The Hall–Kier alpha value is -0.710. The maximum Gasteiger partial charge on any atom is 0.144 e. The molecule has 5 heteroatoms. The zero-order valence-electron chi connectivity index (χ0n) is 11.0. The summed E-state index contributed by atoms with van der Waals surface area (Å²) in [4.78, 5) is 10.9. The molecule has 0 aromatic carbocycles. The van der Waals surface area contributed by atoms with Crippen LogP contribution in [0.4, 0.5) is 0 Å². The largest absolute Gasteiger partial charge is 0.390 e. The monoisotopic (exact) mass is 269 g/mol. The summed E-state index contributed by atoms with van der Waals surface area (Å²) in [6.07, 6.45) is 2.66. The van der Waals surface area contributed by atoms with Crippen LogP contribution in [0.5, 0.6) is 0 Å². The zero-order chi connectivity index (χ0) is 13.2. The number of nitrogens with zero attached hydrogens (tertiary/aromatic N) is 3. The van der Waals surface area contributed by atoms with Gasteiger partial charge in [0, 0.05) is 12.2 Å².